The molecule has 2 aromatic heterocycles. The van der Waals surface area contributed by atoms with Crippen LogP contribution in [-0.2, 0) is 0 Å². The SMILES string of the molecule is CCCCSc1nnc2c(n1)O[C@@H](c1ccc(-c3ccccc3[N+](=O)[O-])o1)Nc1ccccc1-2. The lowest BCUT2D eigenvalue weighted by molar-refractivity contribution is -0.384. The molecule has 0 spiro atoms. The fourth-order valence-electron chi connectivity index (χ4n) is 3.62. The molecule has 0 unspecified atom stereocenters. The number of ether oxygens (including phenoxy) is 1. The molecule has 0 bridgehead atoms. The van der Waals surface area contributed by atoms with E-state index in [1.54, 1.807) is 30.3 Å². The summed E-state index contributed by atoms with van der Waals surface area (Å²) in [6.45, 7) is 2.13. The van der Waals surface area contributed by atoms with Crippen LogP contribution in [-0.4, -0.2) is 25.9 Å². The molecule has 4 aromatic rings. The van der Waals surface area contributed by atoms with Crippen LogP contribution in [0.25, 0.3) is 22.6 Å². The van der Waals surface area contributed by atoms with Gasteiger partial charge in [0.05, 0.1) is 10.5 Å². The number of nitrogens with zero attached hydrogens (tertiary/aromatic N) is 4. The van der Waals surface area contributed by atoms with Crippen LogP contribution in [0.15, 0.2) is 70.2 Å². The number of nitrogens with one attached hydrogen (secondary N) is 1. The third-order valence-electron chi connectivity index (χ3n) is 5.31. The van der Waals surface area contributed by atoms with Crippen molar-refractivity contribution in [2.75, 3.05) is 11.1 Å². The van der Waals surface area contributed by atoms with Crippen molar-refractivity contribution < 1.29 is 14.1 Å². The minimum Gasteiger partial charge on any atom is -0.455 e. The molecule has 0 fully saturated rings. The number of para-hydroxylation sites is 2. The number of aromatic nitrogens is 3. The van der Waals surface area contributed by atoms with Gasteiger partial charge >= 0.3 is 0 Å². The van der Waals surface area contributed by atoms with Gasteiger partial charge in [-0.05, 0) is 30.7 Å². The van der Waals surface area contributed by atoms with Crippen molar-refractivity contribution in [3.05, 3.63) is 76.5 Å². The maximum absolute atomic E-state index is 11.5. The Morgan fingerprint density at radius 2 is 1.85 bits per heavy atom. The second kappa shape index (κ2) is 9.52. The van der Waals surface area contributed by atoms with E-state index in [-0.39, 0.29) is 5.69 Å². The lowest BCUT2D eigenvalue weighted by Gasteiger charge is -2.16. The molecule has 172 valence electrons. The summed E-state index contributed by atoms with van der Waals surface area (Å²) in [7, 11) is 0. The van der Waals surface area contributed by atoms with E-state index in [9.17, 15) is 10.1 Å². The van der Waals surface area contributed by atoms with Gasteiger partial charge in [-0.1, -0.05) is 55.4 Å². The molecule has 10 heteroatoms. The van der Waals surface area contributed by atoms with Gasteiger partial charge in [0.15, 0.2) is 11.5 Å². The molecule has 1 atom stereocenters. The largest absolute Gasteiger partial charge is 0.455 e. The second-order valence-corrected chi connectivity index (χ2v) is 8.68. The molecule has 0 amide bonds. The van der Waals surface area contributed by atoms with Crippen LogP contribution in [0, 0.1) is 10.1 Å². The third kappa shape index (κ3) is 4.32. The molecule has 1 aliphatic rings. The minimum absolute atomic E-state index is 0.0282. The molecule has 34 heavy (non-hydrogen) atoms. The van der Waals surface area contributed by atoms with E-state index in [1.165, 1.54) is 17.8 Å². The molecule has 5 rings (SSSR count). The molecule has 1 aliphatic heterocycles. The summed E-state index contributed by atoms with van der Waals surface area (Å²) in [5.74, 6) is 2.07. The summed E-state index contributed by atoms with van der Waals surface area (Å²) < 4.78 is 12.3. The number of fused-ring (bicyclic) bond motifs is 3. The summed E-state index contributed by atoms with van der Waals surface area (Å²) >= 11 is 1.54. The number of nitro groups is 1. The smallest absolute Gasteiger partial charge is 0.280 e. The Morgan fingerprint density at radius 1 is 1.06 bits per heavy atom. The maximum Gasteiger partial charge on any atom is 0.280 e. The summed E-state index contributed by atoms with van der Waals surface area (Å²) in [5.41, 5.74) is 2.51. The van der Waals surface area contributed by atoms with Crippen molar-refractivity contribution in [3.8, 4) is 28.5 Å². The maximum atomic E-state index is 11.5. The number of benzene rings is 2. The highest BCUT2D eigenvalue weighted by atomic mass is 32.2. The first-order chi connectivity index (χ1) is 16.6. The fraction of sp³-hybridized carbons (Fsp3) is 0.208. The highest BCUT2D eigenvalue weighted by Gasteiger charge is 2.28. The molecular weight excluding hydrogens is 454 g/mol. The Kier molecular flexibility index (Phi) is 6.13. The van der Waals surface area contributed by atoms with Crippen LogP contribution in [0.1, 0.15) is 31.8 Å². The molecule has 3 heterocycles. The number of furan rings is 1. The molecule has 2 aromatic carbocycles. The van der Waals surface area contributed by atoms with Gasteiger partial charge in [0.25, 0.3) is 5.69 Å². The molecular formula is C24H21N5O4S. The summed E-state index contributed by atoms with van der Waals surface area (Å²) in [5, 5.41) is 24.0. The first kappa shape index (κ1) is 21.9. The van der Waals surface area contributed by atoms with Gasteiger partial charge < -0.3 is 14.5 Å². The highest BCUT2D eigenvalue weighted by Crippen LogP contribution is 2.41. The number of unbranched alkanes of at least 4 members (excludes halogenated alkanes) is 1. The van der Waals surface area contributed by atoms with E-state index in [4.69, 9.17) is 9.15 Å². The number of thioether (sulfide) groups is 1. The van der Waals surface area contributed by atoms with Gasteiger partial charge in [-0.2, -0.15) is 4.98 Å². The number of rotatable bonds is 7. The molecule has 1 N–H and O–H groups in total. The number of nitro benzene ring substituents is 1. The van der Waals surface area contributed by atoms with E-state index in [0.29, 0.717) is 33.8 Å². The predicted octanol–water partition coefficient (Wildman–Crippen LogP) is 6.10. The Balaban J connectivity index is 1.51. The molecule has 0 saturated carbocycles. The summed E-state index contributed by atoms with van der Waals surface area (Å²) in [4.78, 5) is 15.6. The fourth-order valence-corrected chi connectivity index (χ4v) is 4.49. The topological polar surface area (TPSA) is 116 Å². The van der Waals surface area contributed by atoms with Gasteiger partial charge in [-0.15, -0.1) is 10.2 Å². The minimum atomic E-state index is -0.718. The van der Waals surface area contributed by atoms with E-state index < -0.39 is 11.2 Å². The van der Waals surface area contributed by atoms with Crippen molar-refractivity contribution >= 4 is 23.1 Å². The zero-order chi connectivity index (χ0) is 23.5. The van der Waals surface area contributed by atoms with Gasteiger partial charge in [0.1, 0.15) is 5.76 Å². The van der Waals surface area contributed by atoms with Crippen LogP contribution in [0.2, 0.25) is 0 Å². The number of anilines is 1. The average molecular weight is 476 g/mol. The van der Waals surface area contributed by atoms with Crippen molar-refractivity contribution in [2.24, 2.45) is 0 Å². The first-order valence-corrected chi connectivity index (χ1v) is 11.9. The second-order valence-electron chi connectivity index (χ2n) is 7.61. The Hall–Kier alpha value is -3.92. The van der Waals surface area contributed by atoms with E-state index >= 15 is 0 Å². The zero-order valence-electron chi connectivity index (χ0n) is 18.3. The van der Waals surface area contributed by atoms with Gasteiger partial charge in [0.2, 0.25) is 17.3 Å². The van der Waals surface area contributed by atoms with E-state index in [1.807, 2.05) is 24.3 Å². The monoisotopic (exact) mass is 475 g/mol. The molecule has 0 saturated heterocycles. The number of hydrogen-bond acceptors (Lipinski definition) is 9. The lowest BCUT2D eigenvalue weighted by Crippen LogP contribution is -2.16. The Morgan fingerprint density at radius 3 is 2.68 bits per heavy atom. The normalized spacial score (nSPS) is 14.3. The third-order valence-corrected chi connectivity index (χ3v) is 6.24. The van der Waals surface area contributed by atoms with Crippen LogP contribution >= 0.6 is 11.8 Å². The van der Waals surface area contributed by atoms with Crippen molar-refractivity contribution in [1.29, 1.82) is 0 Å². The predicted molar refractivity (Wildman–Crippen MR) is 129 cm³/mol. The molecule has 0 aliphatic carbocycles. The van der Waals surface area contributed by atoms with Gasteiger partial charge in [-0.3, -0.25) is 10.1 Å². The number of hydrogen-bond donors (Lipinski definition) is 1. The Bertz CT molecular complexity index is 1340. The van der Waals surface area contributed by atoms with Crippen LogP contribution < -0.4 is 10.1 Å². The van der Waals surface area contributed by atoms with E-state index in [0.717, 1.165) is 29.8 Å². The van der Waals surface area contributed by atoms with Gasteiger partial charge in [-0.25, -0.2) is 0 Å². The highest BCUT2D eigenvalue weighted by molar-refractivity contribution is 7.99. The quantitative estimate of drug-likeness (QED) is 0.146. The lowest BCUT2D eigenvalue weighted by atomic mass is 10.1. The van der Waals surface area contributed by atoms with Crippen LogP contribution in [0.5, 0.6) is 5.88 Å². The average Bonchev–Trinajstić information content (AvgIpc) is 3.28. The van der Waals surface area contributed by atoms with Crippen molar-refractivity contribution in [2.45, 2.75) is 31.1 Å². The first-order valence-electron chi connectivity index (χ1n) is 10.9. The standard InChI is InChI=1S/C24H21N5O4S/c1-2-3-14-34-24-26-23-21(27-28-24)15-8-4-6-10-17(15)25-22(33-23)20-13-12-19(32-20)16-9-5-7-11-18(16)29(30)31/h4-13,22,25H,2-3,14H2,1H3/t22-/m0/s1. The van der Waals surface area contributed by atoms with Crippen LogP contribution in [0.4, 0.5) is 11.4 Å². The molecule has 0 radical (unpaired) electrons. The summed E-state index contributed by atoms with van der Waals surface area (Å²) in [6.07, 6.45) is 1.42. The Labute approximate surface area is 199 Å². The zero-order valence-corrected chi connectivity index (χ0v) is 19.1. The molecule has 9 nitrogen and oxygen atoms in total. The van der Waals surface area contributed by atoms with E-state index in [2.05, 4.69) is 27.4 Å². The van der Waals surface area contributed by atoms with Crippen molar-refractivity contribution in [1.82, 2.24) is 15.2 Å². The van der Waals surface area contributed by atoms with Gasteiger partial charge in [0, 0.05) is 23.1 Å². The van der Waals surface area contributed by atoms with Crippen molar-refractivity contribution in [3.63, 3.8) is 0 Å². The van der Waals surface area contributed by atoms with Crippen LogP contribution in [0.3, 0.4) is 0 Å². The summed E-state index contributed by atoms with van der Waals surface area (Å²) in [6, 6.07) is 17.6.